The number of rotatable bonds is 9. The van der Waals surface area contributed by atoms with E-state index in [-0.39, 0.29) is 5.75 Å². The molecule has 2 rings (SSSR count). The molecule has 0 spiro atoms. The van der Waals surface area contributed by atoms with Crippen molar-refractivity contribution in [2.45, 2.75) is 38.4 Å². The minimum Gasteiger partial charge on any atom is -0.480 e. The lowest BCUT2D eigenvalue weighted by Crippen LogP contribution is -2.36. The molecule has 0 aliphatic rings. The number of carboxylic acid groups (broad SMARTS) is 1. The van der Waals surface area contributed by atoms with E-state index in [4.69, 9.17) is 10.00 Å². The molecule has 1 aromatic heterocycles. The van der Waals surface area contributed by atoms with Crippen molar-refractivity contribution in [1.29, 1.82) is 5.26 Å². The van der Waals surface area contributed by atoms with Crippen molar-refractivity contribution in [3.8, 4) is 17.7 Å². The van der Waals surface area contributed by atoms with Gasteiger partial charge in [-0.1, -0.05) is 20.3 Å². The van der Waals surface area contributed by atoms with Gasteiger partial charge in [0.25, 0.3) is 5.16 Å². The van der Waals surface area contributed by atoms with Crippen LogP contribution < -0.4 is 10.1 Å². The molecule has 0 fully saturated rings. The number of ether oxygens (including phenoxy) is 1. The van der Waals surface area contributed by atoms with Crippen LogP contribution in [0.1, 0.15) is 31.4 Å². The maximum absolute atomic E-state index is 12.1. The van der Waals surface area contributed by atoms with E-state index < -0.39 is 55.2 Å². The number of aromatic nitrogens is 2. The van der Waals surface area contributed by atoms with Gasteiger partial charge in [0, 0.05) is 6.26 Å². The van der Waals surface area contributed by atoms with Gasteiger partial charge >= 0.3 is 17.5 Å². The summed E-state index contributed by atoms with van der Waals surface area (Å²) in [5.74, 6) is -2.98. The molecule has 1 heterocycles. The molecule has 2 N–H and O–H groups in total. The predicted molar refractivity (Wildman–Crippen MR) is 112 cm³/mol. The number of sulfone groups is 1. The van der Waals surface area contributed by atoms with Crippen molar-refractivity contribution in [2.75, 3.05) is 11.6 Å². The number of benzene rings is 1. The summed E-state index contributed by atoms with van der Waals surface area (Å²) < 4.78 is 29.7. The molecule has 0 saturated heterocycles. The van der Waals surface area contributed by atoms with Gasteiger partial charge in [-0.3, -0.25) is 10.1 Å². The first-order valence-electron chi connectivity index (χ1n) is 9.33. The second-order valence-corrected chi connectivity index (χ2v) is 8.98. The zero-order valence-electron chi connectivity index (χ0n) is 17.7. The van der Waals surface area contributed by atoms with Gasteiger partial charge in [-0.05, 0) is 36.6 Å². The number of nitriles is 1. The molecule has 12 nitrogen and oxygen atoms in total. The maximum Gasteiger partial charge on any atom is 0.373 e. The van der Waals surface area contributed by atoms with Crippen molar-refractivity contribution in [3.63, 3.8) is 0 Å². The van der Waals surface area contributed by atoms with E-state index in [0.717, 1.165) is 6.26 Å². The number of carboxylic acids is 1. The second kappa shape index (κ2) is 9.56. The topological polar surface area (TPSA) is 185 Å². The highest BCUT2D eigenvalue weighted by Gasteiger charge is 2.33. The number of hydrogen-bond acceptors (Lipinski definition) is 10. The highest BCUT2D eigenvalue weighted by atomic mass is 32.2. The summed E-state index contributed by atoms with van der Waals surface area (Å²) in [7, 11) is -4.04. The molecule has 2 aromatic rings. The Morgan fingerprint density at radius 1 is 1.41 bits per heavy atom. The number of anilines is 1. The van der Waals surface area contributed by atoms with Crippen LogP contribution in [0, 0.1) is 34.3 Å². The van der Waals surface area contributed by atoms with Crippen molar-refractivity contribution in [1.82, 2.24) is 9.97 Å². The molecule has 32 heavy (non-hydrogen) atoms. The van der Waals surface area contributed by atoms with E-state index >= 15 is 0 Å². The first-order chi connectivity index (χ1) is 14.9. The molecule has 0 radical (unpaired) electrons. The molecule has 0 bridgehead atoms. The lowest BCUT2D eigenvalue weighted by Gasteiger charge is -2.21. The number of nitro groups is 1. The third-order valence-corrected chi connectivity index (χ3v) is 5.50. The van der Waals surface area contributed by atoms with Crippen LogP contribution in [0.5, 0.6) is 11.6 Å². The molecule has 0 saturated carbocycles. The van der Waals surface area contributed by atoms with Crippen molar-refractivity contribution < 1.29 is 28.0 Å². The molecular weight excluding hydrogens is 442 g/mol. The summed E-state index contributed by atoms with van der Waals surface area (Å²) in [5, 5.41) is 32.1. The number of hydrogen-bond donors (Lipinski definition) is 2. The summed E-state index contributed by atoms with van der Waals surface area (Å²) in [6.45, 7) is 4.98. The Balaban J connectivity index is 2.71. The van der Waals surface area contributed by atoms with Gasteiger partial charge in [-0.15, -0.1) is 0 Å². The van der Waals surface area contributed by atoms with Crippen LogP contribution in [0.2, 0.25) is 0 Å². The Morgan fingerprint density at radius 3 is 2.53 bits per heavy atom. The zero-order valence-corrected chi connectivity index (χ0v) is 18.5. The molecule has 0 aliphatic carbocycles. The van der Waals surface area contributed by atoms with Crippen LogP contribution >= 0.6 is 0 Å². The fraction of sp³-hybridized carbons (Fsp3) is 0.368. The minimum atomic E-state index is -4.04. The van der Waals surface area contributed by atoms with Gasteiger partial charge in [0.05, 0.1) is 16.6 Å². The summed E-state index contributed by atoms with van der Waals surface area (Å²) >= 11 is 0. The van der Waals surface area contributed by atoms with Gasteiger partial charge in [-0.25, -0.2) is 13.2 Å². The predicted octanol–water partition coefficient (Wildman–Crippen LogP) is 2.67. The van der Waals surface area contributed by atoms with Crippen LogP contribution in [0.25, 0.3) is 0 Å². The lowest BCUT2D eigenvalue weighted by atomic mass is 9.99. The third kappa shape index (κ3) is 5.46. The first-order valence-corrected chi connectivity index (χ1v) is 11.2. The van der Waals surface area contributed by atoms with Gasteiger partial charge in [-0.2, -0.15) is 15.2 Å². The zero-order chi connectivity index (χ0) is 24.2. The summed E-state index contributed by atoms with van der Waals surface area (Å²) in [5.41, 5.74) is 0.0478. The number of carbonyl (C=O) groups is 1. The largest absolute Gasteiger partial charge is 0.480 e. The van der Waals surface area contributed by atoms with Gasteiger partial charge in [0.2, 0.25) is 15.7 Å². The SMILES string of the molecule is CCC(C)C(Nc1nc(S(C)(=O)=O)nc(Oc2ccc(C#N)c(C)c2)c1[N+](=O)[O-])C(=O)O. The molecule has 2 unspecified atom stereocenters. The fourth-order valence-electron chi connectivity index (χ4n) is 2.68. The van der Waals surface area contributed by atoms with E-state index in [2.05, 4.69) is 15.3 Å². The fourth-order valence-corrected chi connectivity index (χ4v) is 3.19. The smallest absolute Gasteiger partial charge is 0.373 e. The number of nitrogens with one attached hydrogen (secondary N) is 1. The third-order valence-electron chi connectivity index (χ3n) is 4.65. The minimum absolute atomic E-state index is 0.0606. The van der Waals surface area contributed by atoms with Gasteiger partial charge < -0.3 is 15.2 Å². The molecule has 2 atom stereocenters. The normalized spacial score (nSPS) is 13.0. The number of aryl methyl sites for hydroxylation is 1. The average Bonchev–Trinajstić information content (AvgIpc) is 2.70. The molecule has 13 heteroatoms. The Hall–Kier alpha value is -3.79. The van der Waals surface area contributed by atoms with E-state index in [1.165, 1.54) is 18.2 Å². The van der Waals surface area contributed by atoms with Crippen LogP contribution in [-0.2, 0) is 14.6 Å². The number of nitrogens with zero attached hydrogens (tertiary/aromatic N) is 4. The molecule has 1 aromatic carbocycles. The highest BCUT2D eigenvalue weighted by molar-refractivity contribution is 7.90. The first kappa shape index (κ1) is 24.5. The van der Waals surface area contributed by atoms with Crippen LogP contribution in [0.3, 0.4) is 0 Å². The monoisotopic (exact) mass is 463 g/mol. The van der Waals surface area contributed by atoms with E-state index in [1.807, 2.05) is 6.07 Å². The Bertz CT molecular complexity index is 1210. The quantitative estimate of drug-likeness (QED) is 0.316. The van der Waals surface area contributed by atoms with Crippen LogP contribution in [0.15, 0.2) is 23.4 Å². The molecule has 0 aliphatic heterocycles. The van der Waals surface area contributed by atoms with Crippen LogP contribution in [-0.4, -0.2) is 46.7 Å². The van der Waals surface area contributed by atoms with E-state index in [9.17, 15) is 28.4 Å². The Morgan fingerprint density at radius 2 is 2.06 bits per heavy atom. The average molecular weight is 463 g/mol. The maximum atomic E-state index is 12.1. The van der Waals surface area contributed by atoms with E-state index in [0.29, 0.717) is 17.5 Å². The van der Waals surface area contributed by atoms with E-state index in [1.54, 1.807) is 20.8 Å². The molecule has 0 amide bonds. The molecular formula is C19H21N5O7S. The lowest BCUT2D eigenvalue weighted by molar-refractivity contribution is -0.385. The standard InChI is InChI=1S/C19H21N5O7S/c1-5-10(2)14(18(25)26)21-16-15(24(27)28)17(23-19(22-16)32(4,29)30)31-13-7-6-12(9-20)11(3)8-13/h6-8,10,14H,5H2,1-4H3,(H,25,26)(H,21,22,23). The Labute approximate surface area is 184 Å². The molecule has 170 valence electrons. The Kier molecular flexibility index (Phi) is 7.32. The van der Waals surface area contributed by atoms with Gasteiger partial charge in [0.15, 0.2) is 0 Å². The summed E-state index contributed by atoms with van der Waals surface area (Å²) in [6.07, 6.45) is 1.23. The second-order valence-electron chi connectivity index (χ2n) is 7.07. The van der Waals surface area contributed by atoms with Crippen molar-refractivity contribution in [2.24, 2.45) is 5.92 Å². The van der Waals surface area contributed by atoms with Crippen molar-refractivity contribution >= 4 is 27.3 Å². The van der Waals surface area contributed by atoms with Gasteiger partial charge in [0.1, 0.15) is 11.8 Å². The van der Waals surface area contributed by atoms with Crippen LogP contribution in [0.4, 0.5) is 11.5 Å². The summed E-state index contributed by atoms with van der Waals surface area (Å²) in [6, 6.07) is 4.90. The summed E-state index contributed by atoms with van der Waals surface area (Å²) in [4.78, 5) is 30.0. The number of aliphatic carboxylic acids is 1. The highest BCUT2D eigenvalue weighted by Crippen LogP contribution is 2.37. The van der Waals surface area contributed by atoms with Crippen molar-refractivity contribution in [3.05, 3.63) is 39.4 Å².